The number of hydrogen-bond acceptors (Lipinski definition) is 3. The van der Waals surface area contributed by atoms with Crippen LogP contribution >= 0.6 is 0 Å². The van der Waals surface area contributed by atoms with Crippen molar-refractivity contribution >= 4 is 0 Å². The van der Waals surface area contributed by atoms with Gasteiger partial charge in [-0.25, -0.2) is 0 Å². The largest absolute Gasteiger partial charge is 0.494 e. The van der Waals surface area contributed by atoms with Crippen molar-refractivity contribution in [2.45, 2.75) is 65.0 Å². The fourth-order valence-electron chi connectivity index (χ4n) is 2.36. The van der Waals surface area contributed by atoms with E-state index in [0.29, 0.717) is 18.6 Å². The first kappa shape index (κ1) is 17.5. The van der Waals surface area contributed by atoms with Crippen molar-refractivity contribution in [2.24, 2.45) is 0 Å². The third-order valence-electron chi connectivity index (χ3n) is 3.49. The summed E-state index contributed by atoms with van der Waals surface area (Å²) in [7, 11) is 0. The monoisotopic (exact) mass is 288 g/mol. The van der Waals surface area contributed by atoms with Crippen molar-refractivity contribution in [1.82, 2.24) is 5.32 Å². The molecule has 0 aliphatic heterocycles. The van der Waals surface area contributed by atoms with Crippen LogP contribution in [0.5, 0.6) is 5.75 Å². The van der Waals surface area contributed by atoms with E-state index in [4.69, 9.17) is 4.74 Å². The molecule has 0 radical (unpaired) electrons. The van der Waals surface area contributed by atoms with Crippen LogP contribution in [0.4, 0.5) is 0 Å². The van der Waals surface area contributed by atoms with Crippen molar-refractivity contribution in [3.8, 4) is 11.8 Å². The van der Waals surface area contributed by atoms with E-state index < -0.39 is 5.54 Å². The molecule has 0 spiro atoms. The molecule has 1 aromatic rings. The minimum Gasteiger partial charge on any atom is -0.494 e. The maximum Gasteiger partial charge on any atom is 0.119 e. The highest BCUT2D eigenvalue weighted by Gasteiger charge is 2.23. The molecule has 1 rings (SSSR count). The summed E-state index contributed by atoms with van der Waals surface area (Å²) in [5, 5.41) is 12.6. The summed E-state index contributed by atoms with van der Waals surface area (Å²) in [6.45, 7) is 11.1. The molecule has 3 heteroatoms. The van der Waals surface area contributed by atoms with E-state index in [1.165, 1.54) is 5.56 Å². The van der Waals surface area contributed by atoms with Gasteiger partial charge in [-0.05, 0) is 57.2 Å². The molecular weight excluding hydrogens is 260 g/mol. The van der Waals surface area contributed by atoms with Crippen LogP contribution in [-0.2, 0) is 0 Å². The normalized spacial score (nSPS) is 14.0. The second-order valence-electron chi connectivity index (χ2n) is 6.42. The van der Waals surface area contributed by atoms with Gasteiger partial charge >= 0.3 is 0 Å². The third-order valence-corrected chi connectivity index (χ3v) is 3.49. The predicted molar refractivity (Wildman–Crippen MR) is 87.5 cm³/mol. The maximum absolute atomic E-state index is 9.28. The second kappa shape index (κ2) is 8.05. The molecule has 116 valence electrons. The van der Waals surface area contributed by atoms with Crippen molar-refractivity contribution in [1.29, 1.82) is 5.26 Å². The van der Waals surface area contributed by atoms with Crippen LogP contribution in [-0.4, -0.2) is 18.2 Å². The summed E-state index contributed by atoms with van der Waals surface area (Å²) < 4.78 is 5.75. The standard InChI is InChI=1S/C18H28N2O/c1-14(2)16-7-9-17(10-8-16)21-12-6-11-18(5,13-19)20-15(3)4/h7-10,14-15,20H,6,11-12H2,1-5H3. The third kappa shape index (κ3) is 6.18. The fraction of sp³-hybridized carbons (Fsp3) is 0.611. The molecule has 1 N–H and O–H groups in total. The molecule has 0 saturated carbocycles. The van der Waals surface area contributed by atoms with Crippen LogP contribution in [0.2, 0.25) is 0 Å². The number of benzene rings is 1. The number of nitrogens with zero attached hydrogens (tertiary/aromatic N) is 1. The van der Waals surface area contributed by atoms with Crippen molar-refractivity contribution in [3.63, 3.8) is 0 Å². The van der Waals surface area contributed by atoms with Gasteiger partial charge in [0, 0.05) is 6.04 Å². The Balaban J connectivity index is 2.38. The molecule has 0 aromatic heterocycles. The molecule has 0 fully saturated rings. The fourth-order valence-corrected chi connectivity index (χ4v) is 2.36. The van der Waals surface area contributed by atoms with E-state index in [-0.39, 0.29) is 0 Å². The lowest BCUT2D eigenvalue weighted by atomic mass is 9.97. The minimum atomic E-state index is -0.473. The topological polar surface area (TPSA) is 45.0 Å². The summed E-state index contributed by atoms with van der Waals surface area (Å²) in [4.78, 5) is 0. The number of hydrogen-bond donors (Lipinski definition) is 1. The highest BCUT2D eigenvalue weighted by molar-refractivity contribution is 5.28. The van der Waals surface area contributed by atoms with Crippen LogP contribution in [0.15, 0.2) is 24.3 Å². The van der Waals surface area contributed by atoms with Gasteiger partial charge in [-0.1, -0.05) is 26.0 Å². The summed E-state index contributed by atoms with van der Waals surface area (Å²) in [5.74, 6) is 1.44. The van der Waals surface area contributed by atoms with E-state index >= 15 is 0 Å². The first-order chi connectivity index (χ1) is 9.86. The average molecular weight is 288 g/mol. The van der Waals surface area contributed by atoms with Gasteiger partial charge in [0.05, 0.1) is 12.7 Å². The first-order valence-corrected chi connectivity index (χ1v) is 7.78. The SMILES string of the molecule is CC(C)NC(C)(C#N)CCCOc1ccc(C(C)C)cc1. The van der Waals surface area contributed by atoms with Gasteiger partial charge in [-0.15, -0.1) is 0 Å². The number of rotatable bonds is 8. The molecule has 0 heterocycles. The van der Waals surface area contributed by atoms with E-state index in [1.807, 2.05) is 19.1 Å². The Bertz CT molecular complexity index is 459. The van der Waals surface area contributed by atoms with Gasteiger partial charge < -0.3 is 4.74 Å². The Morgan fingerprint density at radius 2 is 1.81 bits per heavy atom. The van der Waals surface area contributed by atoms with Crippen LogP contribution in [0, 0.1) is 11.3 Å². The number of ether oxygens (including phenoxy) is 1. The molecular formula is C18H28N2O. The summed E-state index contributed by atoms with van der Waals surface area (Å²) in [6, 6.07) is 10.9. The Labute approximate surface area is 129 Å². The van der Waals surface area contributed by atoms with Gasteiger partial charge in [0.1, 0.15) is 11.3 Å². The lowest BCUT2D eigenvalue weighted by molar-refractivity contribution is 0.280. The molecule has 3 nitrogen and oxygen atoms in total. The van der Waals surface area contributed by atoms with Crippen LogP contribution in [0.25, 0.3) is 0 Å². The molecule has 1 aromatic carbocycles. The predicted octanol–water partition coefficient (Wildman–Crippen LogP) is 4.25. The molecule has 21 heavy (non-hydrogen) atoms. The van der Waals surface area contributed by atoms with Gasteiger partial charge in [0.25, 0.3) is 0 Å². The smallest absolute Gasteiger partial charge is 0.119 e. The summed E-state index contributed by atoms with van der Waals surface area (Å²) in [5.41, 5.74) is 0.847. The molecule has 1 unspecified atom stereocenters. The molecule has 0 aliphatic carbocycles. The zero-order chi connectivity index (χ0) is 15.9. The van der Waals surface area contributed by atoms with E-state index in [9.17, 15) is 5.26 Å². The van der Waals surface area contributed by atoms with Crippen molar-refractivity contribution in [2.75, 3.05) is 6.61 Å². The lowest BCUT2D eigenvalue weighted by Crippen LogP contribution is -2.45. The maximum atomic E-state index is 9.28. The van der Waals surface area contributed by atoms with Crippen LogP contribution in [0.1, 0.15) is 58.9 Å². The Hall–Kier alpha value is -1.53. The Morgan fingerprint density at radius 3 is 2.29 bits per heavy atom. The summed E-state index contributed by atoms with van der Waals surface area (Å²) >= 11 is 0. The first-order valence-electron chi connectivity index (χ1n) is 7.78. The van der Waals surface area contributed by atoms with Gasteiger partial charge in [0.15, 0.2) is 0 Å². The van der Waals surface area contributed by atoms with Gasteiger partial charge in [-0.3, -0.25) is 5.32 Å². The summed E-state index contributed by atoms with van der Waals surface area (Å²) in [6.07, 6.45) is 1.64. The molecule has 0 amide bonds. The van der Waals surface area contributed by atoms with Gasteiger partial charge in [-0.2, -0.15) is 5.26 Å². The molecule has 0 bridgehead atoms. The van der Waals surface area contributed by atoms with E-state index in [0.717, 1.165) is 18.6 Å². The Kier molecular flexibility index (Phi) is 6.71. The van der Waals surface area contributed by atoms with Crippen LogP contribution < -0.4 is 10.1 Å². The quantitative estimate of drug-likeness (QED) is 0.727. The number of nitriles is 1. The molecule has 0 aliphatic rings. The number of nitrogens with one attached hydrogen (secondary N) is 1. The zero-order valence-corrected chi connectivity index (χ0v) is 13.9. The second-order valence-corrected chi connectivity index (χ2v) is 6.42. The molecule has 0 saturated heterocycles. The molecule has 1 atom stereocenters. The Morgan fingerprint density at radius 1 is 1.19 bits per heavy atom. The lowest BCUT2D eigenvalue weighted by Gasteiger charge is -2.25. The zero-order valence-electron chi connectivity index (χ0n) is 13.9. The highest BCUT2D eigenvalue weighted by Crippen LogP contribution is 2.19. The highest BCUT2D eigenvalue weighted by atomic mass is 16.5. The van der Waals surface area contributed by atoms with Crippen molar-refractivity contribution < 1.29 is 4.74 Å². The van der Waals surface area contributed by atoms with E-state index in [1.54, 1.807) is 0 Å². The average Bonchev–Trinajstić information content (AvgIpc) is 2.43. The van der Waals surface area contributed by atoms with Crippen molar-refractivity contribution in [3.05, 3.63) is 29.8 Å². The van der Waals surface area contributed by atoms with E-state index in [2.05, 4.69) is 51.2 Å². The van der Waals surface area contributed by atoms with Crippen LogP contribution in [0.3, 0.4) is 0 Å². The van der Waals surface area contributed by atoms with Gasteiger partial charge in [0.2, 0.25) is 0 Å². The minimum absolute atomic E-state index is 0.305.